The summed E-state index contributed by atoms with van der Waals surface area (Å²) in [6.45, 7) is 2.02. The van der Waals surface area contributed by atoms with E-state index in [4.69, 9.17) is 11.6 Å². The molecule has 0 spiro atoms. The molecular weight excluding hydrogens is 380 g/mol. The number of anilines is 1. The summed E-state index contributed by atoms with van der Waals surface area (Å²) in [6, 6.07) is 13.2. The van der Waals surface area contributed by atoms with Gasteiger partial charge in [0.1, 0.15) is 5.69 Å². The second kappa shape index (κ2) is 7.50. The number of carbonyl (C=O) groups is 1. The van der Waals surface area contributed by atoms with E-state index in [-0.39, 0.29) is 11.8 Å². The average Bonchev–Trinajstić information content (AvgIpc) is 3.30. The Bertz CT molecular complexity index is 1090. The maximum absolute atomic E-state index is 12.4. The Kier molecular flexibility index (Phi) is 4.92. The van der Waals surface area contributed by atoms with Crippen molar-refractivity contribution >= 4 is 45.6 Å². The van der Waals surface area contributed by atoms with Crippen LogP contribution in [0.25, 0.3) is 22.6 Å². The van der Waals surface area contributed by atoms with Gasteiger partial charge in [-0.05, 0) is 41.8 Å². The van der Waals surface area contributed by atoms with E-state index in [1.807, 2.05) is 54.8 Å². The zero-order chi connectivity index (χ0) is 18.8. The van der Waals surface area contributed by atoms with E-state index in [9.17, 15) is 4.79 Å². The van der Waals surface area contributed by atoms with Gasteiger partial charge in [-0.3, -0.25) is 4.79 Å². The highest BCUT2D eigenvalue weighted by Crippen LogP contribution is 2.25. The molecule has 0 unspecified atom stereocenters. The van der Waals surface area contributed by atoms with E-state index in [1.54, 1.807) is 5.51 Å². The highest BCUT2D eigenvalue weighted by molar-refractivity contribution is 7.07. The molecule has 1 amide bonds. The van der Waals surface area contributed by atoms with Gasteiger partial charge < -0.3 is 10.3 Å². The summed E-state index contributed by atoms with van der Waals surface area (Å²) >= 11 is 7.56. The molecule has 136 valence electrons. The highest BCUT2D eigenvalue weighted by Gasteiger charge is 2.13. The fourth-order valence-electron chi connectivity index (χ4n) is 2.96. The van der Waals surface area contributed by atoms with Crippen LogP contribution in [-0.4, -0.2) is 20.9 Å². The lowest BCUT2D eigenvalue weighted by Crippen LogP contribution is -2.14. The van der Waals surface area contributed by atoms with Crippen LogP contribution in [0.4, 0.5) is 5.69 Å². The molecule has 0 saturated heterocycles. The van der Waals surface area contributed by atoms with Crippen LogP contribution < -0.4 is 5.32 Å². The first kappa shape index (κ1) is 17.7. The second-order valence-electron chi connectivity index (χ2n) is 6.40. The molecular formula is C20H17ClN4OS. The lowest BCUT2D eigenvalue weighted by molar-refractivity contribution is -0.116. The number of H-pyrrole nitrogens is 1. The first-order valence-electron chi connectivity index (χ1n) is 8.52. The minimum atomic E-state index is -0.0407. The van der Waals surface area contributed by atoms with Crippen molar-refractivity contribution in [3.8, 4) is 11.5 Å². The van der Waals surface area contributed by atoms with Crippen molar-refractivity contribution in [2.75, 3.05) is 5.32 Å². The van der Waals surface area contributed by atoms with Gasteiger partial charge in [-0.2, -0.15) is 0 Å². The Morgan fingerprint density at radius 2 is 2.19 bits per heavy atom. The lowest BCUT2D eigenvalue weighted by atomic mass is 9.97. The number of carbonyl (C=O) groups excluding carboxylic acids is 1. The van der Waals surface area contributed by atoms with Crippen LogP contribution in [0.3, 0.4) is 0 Å². The lowest BCUT2D eigenvalue weighted by Gasteiger charge is -2.12. The summed E-state index contributed by atoms with van der Waals surface area (Å²) in [5, 5.41) is 5.58. The van der Waals surface area contributed by atoms with Gasteiger partial charge in [0.2, 0.25) is 5.91 Å². The smallest absolute Gasteiger partial charge is 0.224 e. The van der Waals surface area contributed by atoms with Crippen molar-refractivity contribution in [1.29, 1.82) is 0 Å². The van der Waals surface area contributed by atoms with Gasteiger partial charge in [-0.25, -0.2) is 9.97 Å². The zero-order valence-corrected chi connectivity index (χ0v) is 16.1. The van der Waals surface area contributed by atoms with Crippen molar-refractivity contribution < 1.29 is 4.79 Å². The minimum Gasteiger partial charge on any atom is -0.337 e. The quantitative estimate of drug-likeness (QED) is 0.469. The van der Waals surface area contributed by atoms with Crippen LogP contribution in [0.2, 0.25) is 5.02 Å². The Labute approximate surface area is 165 Å². The molecule has 0 radical (unpaired) electrons. The molecule has 0 fully saturated rings. The minimum absolute atomic E-state index is 0.0407. The predicted molar refractivity (Wildman–Crippen MR) is 110 cm³/mol. The number of fused-ring (bicyclic) bond motifs is 1. The molecule has 2 aromatic heterocycles. The Morgan fingerprint density at radius 1 is 1.30 bits per heavy atom. The molecule has 0 aliphatic heterocycles. The number of nitrogens with one attached hydrogen (secondary N) is 2. The van der Waals surface area contributed by atoms with Crippen molar-refractivity contribution in [2.45, 2.75) is 19.3 Å². The topological polar surface area (TPSA) is 70.7 Å². The monoisotopic (exact) mass is 396 g/mol. The van der Waals surface area contributed by atoms with Crippen LogP contribution >= 0.6 is 22.9 Å². The average molecular weight is 397 g/mol. The fraction of sp³-hybridized carbons (Fsp3) is 0.150. The van der Waals surface area contributed by atoms with E-state index in [0.29, 0.717) is 11.4 Å². The number of nitrogens with zero attached hydrogens (tertiary/aromatic N) is 2. The fourth-order valence-corrected chi connectivity index (χ4v) is 3.69. The normalized spacial score (nSPS) is 12.2. The van der Waals surface area contributed by atoms with Crippen LogP contribution in [0.15, 0.2) is 53.4 Å². The molecule has 4 rings (SSSR count). The van der Waals surface area contributed by atoms with Crippen LogP contribution in [-0.2, 0) is 4.79 Å². The number of hydrogen-bond acceptors (Lipinski definition) is 4. The van der Waals surface area contributed by atoms with E-state index < -0.39 is 0 Å². The molecule has 5 nitrogen and oxygen atoms in total. The molecule has 0 aliphatic carbocycles. The van der Waals surface area contributed by atoms with Crippen molar-refractivity contribution in [3.63, 3.8) is 0 Å². The molecule has 1 atom stereocenters. The highest BCUT2D eigenvalue weighted by atomic mass is 35.5. The first-order chi connectivity index (χ1) is 13.1. The zero-order valence-electron chi connectivity index (χ0n) is 14.6. The Balaban J connectivity index is 1.47. The molecule has 27 heavy (non-hydrogen) atoms. The summed E-state index contributed by atoms with van der Waals surface area (Å²) in [6.07, 6.45) is 0.380. The molecule has 0 aliphatic rings. The number of aromatic amines is 1. The second-order valence-corrected chi connectivity index (χ2v) is 7.55. The number of rotatable bonds is 5. The number of benzene rings is 2. The maximum Gasteiger partial charge on any atom is 0.224 e. The van der Waals surface area contributed by atoms with Gasteiger partial charge >= 0.3 is 0 Å². The molecule has 4 aromatic rings. The van der Waals surface area contributed by atoms with Crippen molar-refractivity contribution in [1.82, 2.24) is 15.0 Å². The SMILES string of the molecule is C[C@@H](CC(=O)Nc1ccc2nc(-c3cscn3)[nH]c2c1)c1cccc(Cl)c1. The molecule has 7 heteroatoms. The molecule has 2 heterocycles. The maximum atomic E-state index is 12.4. The third-order valence-electron chi connectivity index (χ3n) is 4.35. The summed E-state index contributed by atoms with van der Waals surface area (Å²) in [5.41, 5.74) is 6.07. The summed E-state index contributed by atoms with van der Waals surface area (Å²) in [7, 11) is 0. The number of thiazole rings is 1. The molecule has 0 saturated carbocycles. The summed E-state index contributed by atoms with van der Waals surface area (Å²) in [4.78, 5) is 24.5. The van der Waals surface area contributed by atoms with Crippen LogP contribution in [0.5, 0.6) is 0 Å². The van der Waals surface area contributed by atoms with E-state index in [0.717, 1.165) is 33.8 Å². The third kappa shape index (κ3) is 4.02. The summed E-state index contributed by atoms with van der Waals surface area (Å²) < 4.78 is 0. The standard InChI is InChI=1S/C20H17ClN4OS/c1-12(13-3-2-4-14(21)8-13)7-19(26)23-15-5-6-16-17(9-15)25-20(24-16)18-10-27-11-22-18/h2-6,8-12H,7H2,1H3,(H,23,26)(H,24,25)/t12-/m0/s1. The van der Waals surface area contributed by atoms with E-state index in [2.05, 4.69) is 20.3 Å². The number of halogens is 1. The number of aromatic nitrogens is 3. The largest absolute Gasteiger partial charge is 0.337 e. The predicted octanol–water partition coefficient (Wildman–Crippen LogP) is 5.47. The third-order valence-corrected chi connectivity index (χ3v) is 5.17. The van der Waals surface area contributed by atoms with Gasteiger partial charge in [0.25, 0.3) is 0 Å². The number of imidazole rings is 1. The molecule has 2 N–H and O–H groups in total. The summed E-state index contributed by atoms with van der Waals surface area (Å²) in [5.74, 6) is 0.765. The Hall–Kier alpha value is -2.70. The van der Waals surface area contributed by atoms with Gasteiger partial charge in [0.05, 0.1) is 16.5 Å². The van der Waals surface area contributed by atoms with Gasteiger partial charge in [0, 0.05) is 22.5 Å². The van der Waals surface area contributed by atoms with Gasteiger partial charge in [-0.15, -0.1) is 11.3 Å². The van der Waals surface area contributed by atoms with Crippen molar-refractivity contribution in [2.24, 2.45) is 0 Å². The van der Waals surface area contributed by atoms with Gasteiger partial charge in [0.15, 0.2) is 5.82 Å². The van der Waals surface area contributed by atoms with Crippen molar-refractivity contribution in [3.05, 3.63) is 63.9 Å². The van der Waals surface area contributed by atoms with Crippen LogP contribution in [0.1, 0.15) is 24.8 Å². The van der Waals surface area contributed by atoms with Gasteiger partial charge in [-0.1, -0.05) is 30.7 Å². The van der Waals surface area contributed by atoms with E-state index >= 15 is 0 Å². The molecule has 2 aromatic carbocycles. The molecule has 0 bridgehead atoms. The number of hydrogen-bond donors (Lipinski definition) is 2. The number of amides is 1. The van der Waals surface area contributed by atoms with E-state index in [1.165, 1.54) is 11.3 Å². The Morgan fingerprint density at radius 3 is 2.96 bits per heavy atom. The first-order valence-corrected chi connectivity index (χ1v) is 9.84. The van der Waals surface area contributed by atoms with Crippen LogP contribution in [0, 0.1) is 0 Å².